The topological polar surface area (TPSA) is 117 Å². The van der Waals surface area contributed by atoms with E-state index in [0.29, 0.717) is 25.1 Å². The summed E-state index contributed by atoms with van der Waals surface area (Å²) in [7, 11) is 0. The first-order chi connectivity index (χ1) is 15.1. The average Bonchev–Trinajstić information content (AvgIpc) is 2.83. The number of nitrogens with one attached hydrogen (secondary N) is 1. The summed E-state index contributed by atoms with van der Waals surface area (Å²) in [6.45, 7) is 1.52. The molecule has 1 atom stereocenters. The molecular formula is C23H28N4O4. The lowest BCUT2D eigenvalue weighted by Crippen LogP contribution is -2.51. The van der Waals surface area contributed by atoms with Crippen LogP contribution in [-0.2, 0) is 22.6 Å². The first kappa shape index (κ1) is 22.1. The smallest absolute Gasteiger partial charge is 0.408 e. The molecule has 8 heteroatoms. The van der Waals surface area contributed by atoms with Gasteiger partial charge in [0.2, 0.25) is 5.91 Å². The van der Waals surface area contributed by atoms with E-state index in [4.69, 9.17) is 15.7 Å². The fourth-order valence-electron chi connectivity index (χ4n) is 3.55. The summed E-state index contributed by atoms with van der Waals surface area (Å²) in [6, 6.07) is 15.6. The van der Waals surface area contributed by atoms with E-state index in [9.17, 15) is 9.59 Å². The monoisotopic (exact) mass is 424 g/mol. The molecule has 0 aliphatic carbocycles. The van der Waals surface area contributed by atoms with Crippen LogP contribution < -0.4 is 11.1 Å². The van der Waals surface area contributed by atoms with Gasteiger partial charge in [0.15, 0.2) is 5.84 Å². The molecule has 1 saturated heterocycles. The predicted octanol–water partition coefficient (Wildman–Crippen LogP) is 2.63. The standard InChI is InChI=1S/C23H28N4O4/c24-21(26-30)19-11-9-17(10-12-19)15-20(22(28)27-13-5-2-6-14-27)25-23(29)31-16-18-7-3-1-4-8-18/h1,3-4,7-12,20,30H,2,5-6,13-16H2,(H2,24,26)(H,25,29)/t20-/m1/s1. The lowest BCUT2D eigenvalue weighted by molar-refractivity contribution is -0.134. The van der Waals surface area contributed by atoms with E-state index in [-0.39, 0.29) is 18.3 Å². The predicted molar refractivity (Wildman–Crippen MR) is 117 cm³/mol. The second-order valence-electron chi connectivity index (χ2n) is 7.53. The van der Waals surface area contributed by atoms with E-state index >= 15 is 0 Å². The Morgan fingerprint density at radius 3 is 2.35 bits per heavy atom. The van der Waals surface area contributed by atoms with Crippen LogP contribution in [-0.4, -0.2) is 47.1 Å². The number of carbonyl (C=O) groups excluding carboxylic acids is 2. The molecule has 4 N–H and O–H groups in total. The van der Waals surface area contributed by atoms with Crippen molar-refractivity contribution < 1.29 is 19.5 Å². The quantitative estimate of drug-likeness (QED) is 0.273. The van der Waals surface area contributed by atoms with Gasteiger partial charge in [-0.3, -0.25) is 4.79 Å². The lowest BCUT2D eigenvalue weighted by atomic mass is 10.0. The molecule has 0 unspecified atom stereocenters. The molecule has 2 aromatic rings. The van der Waals surface area contributed by atoms with Gasteiger partial charge in [-0.25, -0.2) is 4.79 Å². The SMILES string of the molecule is N/C(=N/O)c1ccc(C[C@@H](NC(=O)OCc2ccccc2)C(=O)N2CCCCC2)cc1. The van der Waals surface area contributed by atoms with Gasteiger partial charge in [-0.2, -0.15) is 0 Å². The van der Waals surface area contributed by atoms with Gasteiger partial charge in [0.25, 0.3) is 0 Å². The Morgan fingerprint density at radius 1 is 1.03 bits per heavy atom. The summed E-state index contributed by atoms with van der Waals surface area (Å²) in [5.41, 5.74) is 7.89. The van der Waals surface area contributed by atoms with Crippen molar-refractivity contribution in [2.45, 2.75) is 38.3 Å². The van der Waals surface area contributed by atoms with Crippen LogP contribution in [0.1, 0.15) is 36.0 Å². The van der Waals surface area contributed by atoms with Crippen LogP contribution >= 0.6 is 0 Å². The van der Waals surface area contributed by atoms with Crippen molar-refractivity contribution in [3.8, 4) is 0 Å². The zero-order valence-corrected chi connectivity index (χ0v) is 17.4. The molecule has 1 aliphatic heterocycles. The van der Waals surface area contributed by atoms with Crippen LogP contribution in [0.5, 0.6) is 0 Å². The molecular weight excluding hydrogens is 396 g/mol. The van der Waals surface area contributed by atoms with E-state index in [2.05, 4.69) is 10.5 Å². The van der Waals surface area contributed by atoms with Crippen LogP contribution in [0.2, 0.25) is 0 Å². The Morgan fingerprint density at radius 2 is 1.71 bits per heavy atom. The fraction of sp³-hybridized carbons (Fsp3) is 0.348. The van der Waals surface area contributed by atoms with Gasteiger partial charge in [-0.15, -0.1) is 0 Å². The maximum absolute atomic E-state index is 13.1. The highest BCUT2D eigenvalue weighted by molar-refractivity contribution is 5.97. The number of nitrogens with zero attached hydrogens (tertiary/aromatic N) is 2. The number of oxime groups is 1. The average molecular weight is 425 g/mol. The molecule has 164 valence electrons. The Labute approximate surface area is 181 Å². The van der Waals surface area contributed by atoms with Gasteiger partial charge in [-0.05, 0) is 30.4 Å². The molecule has 8 nitrogen and oxygen atoms in total. The van der Waals surface area contributed by atoms with Gasteiger partial charge < -0.3 is 25.9 Å². The third-order valence-corrected chi connectivity index (χ3v) is 5.27. The van der Waals surface area contributed by atoms with Crippen molar-refractivity contribution in [2.75, 3.05) is 13.1 Å². The van der Waals surface area contributed by atoms with Crippen LogP contribution in [0.3, 0.4) is 0 Å². The van der Waals surface area contributed by atoms with Crippen LogP contribution in [0.4, 0.5) is 4.79 Å². The molecule has 1 fully saturated rings. The Kier molecular flexibility index (Phi) is 7.86. The minimum absolute atomic E-state index is 0.00936. The highest BCUT2D eigenvalue weighted by Gasteiger charge is 2.27. The highest BCUT2D eigenvalue weighted by atomic mass is 16.5. The number of ether oxygens (including phenoxy) is 1. The molecule has 0 aromatic heterocycles. The molecule has 0 spiro atoms. The summed E-state index contributed by atoms with van der Waals surface area (Å²) in [5.74, 6) is -0.105. The number of carbonyl (C=O) groups is 2. The number of likely N-dealkylation sites (tertiary alicyclic amines) is 1. The maximum atomic E-state index is 13.1. The molecule has 2 aromatic carbocycles. The Bertz CT molecular complexity index is 894. The summed E-state index contributed by atoms with van der Waals surface area (Å²) < 4.78 is 5.32. The number of amidine groups is 1. The molecule has 2 amide bonds. The van der Waals surface area contributed by atoms with Crippen molar-refractivity contribution in [3.63, 3.8) is 0 Å². The van der Waals surface area contributed by atoms with Crippen molar-refractivity contribution >= 4 is 17.8 Å². The fourth-order valence-corrected chi connectivity index (χ4v) is 3.55. The summed E-state index contributed by atoms with van der Waals surface area (Å²) in [6.07, 6.45) is 2.71. The number of piperidine rings is 1. The van der Waals surface area contributed by atoms with E-state index in [0.717, 1.165) is 30.4 Å². The number of rotatable bonds is 7. The normalized spacial score (nSPS) is 15.2. The highest BCUT2D eigenvalue weighted by Crippen LogP contribution is 2.14. The minimum atomic E-state index is -0.740. The third kappa shape index (κ3) is 6.47. The van der Waals surface area contributed by atoms with Crippen molar-refractivity contribution in [2.24, 2.45) is 10.9 Å². The van der Waals surface area contributed by atoms with Crippen molar-refractivity contribution in [1.29, 1.82) is 0 Å². The molecule has 31 heavy (non-hydrogen) atoms. The molecule has 1 heterocycles. The summed E-state index contributed by atoms with van der Waals surface area (Å²) in [5, 5.41) is 14.5. The van der Waals surface area contributed by atoms with Gasteiger partial charge in [0, 0.05) is 25.1 Å². The first-order valence-electron chi connectivity index (χ1n) is 10.4. The Hall–Kier alpha value is -3.55. The largest absolute Gasteiger partial charge is 0.445 e. The van der Waals surface area contributed by atoms with Crippen molar-refractivity contribution in [1.82, 2.24) is 10.2 Å². The Balaban J connectivity index is 1.68. The molecule has 1 aliphatic rings. The molecule has 0 bridgehead atoms. The van der Waals surface area contributed by atoms with Gasteiger partial charge in [-0.1, -0.05) is 59.8 Å². The van der Waals surface area contributed by atoms with E-state index in [1.165, 1.54) is 0 Å². The molecule has 0 saturated carbocycles. The maximum Gasteiger partial charge on any atom is 0.408 e. The zero-order chi connectivity index (χ0) is 22.1. The van der Waals surface area contributed by atoms with E-state index < -0.39 is 12.1 Å². The second kappa shape index (κ2) is 11.0. The first-order valence-corrected chi connectivity index (χ1v) is 10.4. The van der Waals surface area contributed by atoms with Gasteiger partial charge in [0.05, 0.1) is 0 Å². The number of benzene rings is 2. The third-order valence-electron chi connectivity index (χ3n) is 5.27. The second-order valence-corrected chi connectivity index (χ2v) is 7.53. The minimum Gasteiger partial charge on any atom is -0.445 e. The number of amides is 2. The van der Waals surface area contributed by atoms with E-state index in [1.54, 1.807) is 29.2 Å². The molecule has 3 rings (SSSR count). The zero-order valence-electron chi connectivity index (χ0n) is 17.4. The summed E-state index contributed by atoms with van der Waals surface area (Å²) in [4.78, 5) is 27.3. The van der Waals surface area contributed by atoms with Gasteiger partial charge >= 0.3 is 6.09 Å². The lowest BCUT2D eigenvalue weighted by Gasteiger charge is -2.30. The van der Waals surface area contributed by atoms with E-state index in [1.807, 2.05) is 30.3 Å². The van der Waals surface area contributed by atoms with Gasteiger partial charge in [0.1, 0.15) is 12.6 Å². The number of hydrogen-bond acceptors (Lipinski definition) is 5. The van der Waals surface area contributed by atoms with Crippen LogP contribution in [0.15, 0.2) is 59.8 Å². The molecule has 0 radical (unpaired) electrons. The number of alkyl carbamates (subject to hydrolysis) is 1. The summed E-state index contributed by atoms with van der Waals surface area (Å²) >= 11 is 0. The number of hydrogen-bond donors (Lipinski definition) is 3. The van der Waals surface area contributed by atoms with Crippen molar-refractivity contribution in [3.05, 3.63) is 71.3 Å². The van der Waals surface area contributed by atoms with Crippen LogP contribution in [0, 0.1) is 0 Å². The van der Waals surface area contributed by atoms with Crippen LogP contribution in [0.25, 0.3) is 0 Å². The number of nitrogens with two attached hydrogens (primary N) is 1.